The third-order valence-electron chi connectivity index (χ3n) is 2.57. The molecule has 0 saturated carbocycles. The highest BCUT2D eigenvalue weighted by atomic mass is 35.5. The number of alkyl halides is 1. The molecule has 0 amide bonds. The number of halogens is 1. The largest absolute Gasteiger partial charge is 0.357 e. The topological polar surface area (TPSA) is 12.5 Å². The van der Waals surface area contributed by atoms with E-state index in [-0.39, 0.29) is 0 Å². The summed E-state index contributed by atoms with van der Waals surface area (Å²) in [6.45, 7) is 5.33. The molecule has 82 valence electrons. The Morgan fingerprint density at radius 3 is 2.80 bits per heavy atom. The van der Waals surface area contributed by atoms with Gasteiger partial charge >= 0.3 is 0 Å². The summed E-state index contributed by atoms with van der Waals surface area (Å²) in [4.78, 5) is 2.33. The van der Waals surface area contributed by atoms with E-state index in [4.69, 9.17) is 16.3 Å². The van der Waals surface area contributed by atoms with Crippen LogP contribution in [0.2, 0.25) is 0 Å². The van der Waals surface area contributed by atoms with Crippen molar-refractivity contribution in [3.05, 3.63) is 35.9 Å². The van der Waals surface area contributed by atoms with E-state index in [0.717, 1.165) is 19.6 Å². The molecular weight excluding hydrogens is 210 g/mol. The molecule has 0 bridgehead atoms. The van der Waals surface area contributed by atoms with Gasteiger partial charge in [0.05, 0.1) is 6.61 Å². The van der Waals surface area contributed by atoms with Crippen molar-refractivity contribution in [2.45, 2.75) is 18.5 Å². The van der Waals surface area contributed by atoms with E-state index in [0.29, 0.717) is 6.61 Å². The zero-order valence-electron chi connectivity index (χ0n) is 8.95. The highest BCUT2D eigenvalue weighted by Crippen LogP contribution is 2.22. The quantitative estimate of drug-likeness (QED) is 0.717. The zero-order chi connectivity index (χ0) is 10.7. The molecule has 2 nitrogen and oxygen atoms in total. The average molecular weight is 226 g/mol. The van der Waals surface area contributed by atoms with Crippen molar-refractivity contribution in [1.82, 2.24) is 4.90 Å². The molecule has 3 heteroatoms. The molecule has 0 spiro atoms. The van der Waals surface area contributed by atoms with Crippen molar-refractivity contribution in [2.75, 3.05) is 19.7 Å². The van der Waals surface area contributed by atoms with Crippen LogP contribution in [-0.4, -0.2) is 29.7 Å². The Labute approximate surface area is 95.8 Å². The van der Waals surface area contributed by atoms with Crippen molar-refractivity contribution in [1.29, 1.82) is 0 Å². The molecule has 15 heavy (non-hydrogen) atoms. The minimum Gasteiger partial charge on any atom is -0.357 e. The summed E-state index contributed by atoms with van der Waals surface area (Å²) in [5.74, 6) is 0. The Morgan fingerprint density at radius 2 is 2.13 bits per heavy atom. The van der Waals surface area contributed by atoms with Crippen LogP contribution in [0.15, 0.2) is 30.3 Å². The predicted molar refractivity (Wildman–Crippen MR) is 61.9 cm³/mol. The summed E-state index contributed by atoms with van der Waals surface area (Å²) >= 11 is 6.17. The van der Waals surface area contributed by atoms with Gasteiger partial charge in [-0.3, -0.25) is 4.90 Å². The number of hydrogen-bond acceptors (Lipinski definition) is 2. The van der Waals surface area contributed by atoms with Crippen LogP contribution >= 0.6 is 11.6 Å². The molecule has 0 radical (unpaired) electrons. The first-order chi connectivity index (χ1) is 7.16. The predicted octanol–water partition coefficient (Wildman–Crippen LogP) is 2.47. The van der Waals surface area contributed by atoms with Crippen molar-refractivity contribution < 1.29 is 4.74 Å². The fraction of sp³-hybridized carbons (Fsp3) is 0.500. The zero-order valence-corrected chi connectivity index (χ0v) is 9.70. The fourth-order valence-electron chi connectivity index (χ4n) is 1.89. The molecule has 1 heterocycles. The lowest BCUT2D eigenvalue weighted by molar-refractivity contribution is -0.0483. The summed E-state index contributed by atoms with van der Waals surface area (Å²) in [5, 5.41) is -0.521. The lowest BCUT2D eigenvalue weighted by Gasteiger charge is -2.36. The number of morpholine rings is 1. The molecule has 1 aliphatic heterocycles. The monoisotopic (exact) mass is 225 g/mol. The second-order valence-electron chi connectivity index (χ2n) is 4.15. The van der Waals surface area contributed by atoms with Gasteiger partial charge in [0.15, 0.2) is 5.06 Å². The van der Waals surface area contributed by atoms with E-state index in [1.807, 2.05) is 13.0 Å². The van der Waals surface area contributed by atoms with Gasteiger partial charge in [0.25, 0.3) is 0 Å². The average Bonchev–Trinajstić information content (AvgIpc) is 2.17. The molecule has 1 fully saturated rings. The SMILES string of the molecule is CC1(Cl)CN(Cc2ccccc2)CCO1. The maximum absolute atomic E-state index is 6.17. The number of hydrogen-bond donors (Lipinski definition) is 0. The number of benzene rings is 1. The van der Waals surface area contributed by atoms with Gasteiger partial charge in [0, 0.05) is 19.6 Å². The maximum atomic E-state index is 6.17. The minimum absolute atomic E-state index is 0.521. The first-order valence-electron chi connectivity index (χ1n) is 5.25. The fourth-order valence-corrected chi connectivity index (χ4v) is 2.13. The van der Waals surface area contributed by atoms with Crippen LogP contribution in [0.1, 0.15) is 12.5 Å². The van der Waals surface area contributed by atoms with E-state index in [9.17, 15) is 0 Å². The number of nitrogens with zero attached hydrogens (tertiary/aromatic N) is 1. The van der Waals surface area contributed by atoms with Crippen LogP contribution in [-0.2, 0) is 11.3 Å². The Morgan fingerprint density at radius 1 is 1.40 bits per heavy atom. The summed E-state index contributed by atoms with van der Waals surface area (Å²) in [7, 11) is 0. The first-order valence-corrected chi connectivity index (χ1v) is 5.63. The van der Waals surface area contributed by atoms with Crippen molar-refractivity contribution in [3.8, 4) is 0 Å². The Kier molecular flexibility index (Phi) is 3.29. The maximum Gasteiger partial charge on any atom is 0.151 e. The minimum atomic E-state index is -0.521. The van der Waals surface area contributed by atoms with Crippen molar-refractivity contribution in [3.63, 3.8) is 0 Å². The van der Waals surface area contributed by atoms with Crippen LogP contribution in [0.4, 0.5) is 0 Å². The van der Waals surface area contributed by atoms with Gasteiger partial charge in [-0.25, -0.2) is 0 Å². The van der Waals surface area contributed by atoms with E-state index < -0.39 is 5.06 Å². The highest BCUT2D eigenvalue weighted by Gasteiger charge is 2.29. The van der Waals surface area contributed by atoms with Crippen LogP contribution in [0, 0.1) is 0 Å². The van der Waals surface area contributed by atoms with Crippen molar-refractivity contribution in [2.24, 2.45) is 0 Å². The Balaban J connectivity index is 1.95. The van der Waals surface area contributed by atoms with Gasteiger partial charge < -0.3 is 4.74 Å². The normalized spacial score (nSPS) is 27.9. The van der Waals surface area contributed by atoms with Crippen molar-refractivity contribution >= 4 is 11.6 Å². The molecule has 1 aliphatic rings. The molecular formula is C12H16ClNO. The lowest BCUT2D eigenvalue weighted by atomic mass is 10.2. The third-order valence-corrected chi connectivity index (χ3v) is 2.79. The Bertz CT molecular complexity index is 313. The number of rotatable bonds is 2. The summed E-state index contributed by atoms with van der Waals surface area (Å²) in [5.41, 5.74) is 1.33. The second kappa shape index (κ2) is 4.52. The van der Waals surface area contributed by atoms with Gasteiger partial charge in [-0.05, 0) is 12.5 Å². The first kappa shape index (κ1) is 10.9. The molecule has 1 saturated heterocycles. The molecule has 0 aromatic heterocycles. The summed E-state index contributed by atoms with van der Waals surface area (Å²) in [6, 6.07) is 10.4. The molecule has 1 aromatic rings. The van der Waals surface area contributed by atoms with Gasteiger partial charge in [0.2, 0.25) is 0 Å². The van der Waals surface area contributed by atoms with Crippen LogP contribution < -0.4 is 0 Å². The van der Waals surface area contributed by atoms with E-state index in [1.54, 1.807) is 0 Å². The Hall–Kier alpha value is -0.570. The van der Waals surface area contributed by atoms with Crippen LogP contribution in [0.25, 0.3) is 0 Å². The van der Waals surface area contributed by atoms with Gasteiger partial charge in [-0.1, -0.05) is 41.9 Å². The molecule has 1 unspecified atom stereocenters. The lowest BCUT2D eigenvalue weighted by Crippen LogP contribution is -2.46. The summed E-state index contributed by atoms with van der Waals surface area (Å²) in [6.07, 6.45) is 0. The summed E-state index contributed by atoms with van der Waals surface area (Å²) < 4.78 is 5.46. The van der Waals surface area contributed by atoms with E-state index in [1.165, 1.54) is 5.56 Å². The van der Waals surface area contributed by atoms with Gasteiger partial charge in [-0.15, -0.1) is 0 Å². The molecule has 0 N–H and O–H groups in total. The molecule has 2 rings (SSSR count). The second-order valence-corrected chi connectivity index (χ2v) is 4.95. The van der Waals surface area contributed by atoms with Crippen LogP contribution in [0.3, 0.4) is 0 Å². The number of ether oxygens (including phenoxy) is 1. The van der Waals surface area contributed by atoms with Gasteiger partial charge in [0.1, 0.15) is 0 Å². The highest BCUT2D eigenvalue weighted by molar-refractivity contribution is 6.22. The van der Waals surface area contributed by atoms with E-state index >= 15 is 0 Å². The standard InChI is InChI=1S/C12H16ClNO/c1-12(13)10-14(7-8-15-12)9-11-5-3-2-4-6-11/h2-6H,7-10H2,1H3. The molecule has 1 atom stereocenters. The van der Waals surface area contributed by atoms with Crippen LogP contribution in [0.5, 0.6) is 0 Å². The van der Waals surface area contributed by atoms with E-state index in [2.05, 4.69) is 29.2 Å². The molecule has 1 aromatic carbocycles. The molecule has 0 aliphatic carbocycles. The third kappa shape index (κ3) is 3.20. The van der Waals surface area contributed by atoms with Gasteiger partial charge in [-0.2, -0.15) is 0 Å². The smallest absolute Gasteiger partial charge is 0.151 e.